The summed E-state index contributed by atoms with van der Waals surface area (Å²) in [6, 6.07) is 9.74. The number of hydrogen-bond acceptors (Lipinski definition) is 4. The lowest BCUT2D eigenvalue weighted by atomic mass is 10.2. The van der Waals surface area contributed by atoms with Crippen molar-refractivity contribution in [3.05, 3.63) is 71.3 Å². The standard InChI is InChI=1S/C16H11ClFN3O4S/c17-11-4-3-6-13(15(11)16(22)23)20-26(24,25)10-8-19-21(9-10)14-7-2-1-5-12(14)18/h1-9,20H,(H,22,23). The van der Waals surface area contributed by atoms with Crippen LogP contribution < -0.4 is 4.72 Å². The van der Waals surface area contributed by atoms with Gasteiger partial charge < -0.3 is 5.11 Å². The molecule has 0 aliphatic carbocycles. The molecule has 0 atom stereocenters. The average Bonchev–Trinajstić information content (AvgIpc) is 3.05. The molecule has 0 amide bonds. The maximum Gasteiger partial charge on any atom is 0.339 e. The molecule has 1 aromatic heterocycles. The number of aromatic carboxylic acids is 1. The zero-order valence-corrected chi connectivity index (χ0v) is 14.5. The number of carboxylic acid groups (broad SMARTS) is 1. The number of para-hydroxylation sites is 1. The minimum Gasteiger partial charge on any atom is -0.478 e. The van der Waals surface area contributed by atoms with E-state index in [1.807, 2.05) is 0 Å². The fourth-order valence-corrected chi connectivity index (χ4v) is 3.50. The van der Waals surface area contributed by atoms with Crippen molar-refractivity contribution in [3.8, 4) is 5.69 Å². The summed E-state index contributed by atoms with van der Waals surface area (Å²) in [6.45, 7) is 0. The van der Waals surface area contributed by atoms with Crippen LogP contribution >= 0.6 is 11.6 Å². The van der Waals surface area contributed by atoms with Gasteiger partial charge in [-0.15, -0.1) is 0 Å². The van der Waals surface area contributed by atoms with Crippen molar-refractivity contribution in [1.29, 1.82) is 0 Å². The van der Waals surface area contributed by atoms with Crippen LogP contribution in [0.5, 0.6) is 0 Å². The molecule has 26 heavy (non-hydrogen) atoms. The van der Waals surface area contributed by atoms with Gasteiger partial charge in [0, 0.05) is 0 Å². The van der Waals surface area contributed by atoms with Crippen LogP contribution in [-0.4, -0.2) is 29.3 Å². The first-order valence-corrected chi connectivity index (χ1v) is 9.00. The number of rotatable bonds is 5. The van der Waals surface area contributed by atoms with Gasteiger partial charge in [0.15, 0.2) is 0 Å². The van der Waals surface area contributed by atoms with Gasteiger partial charge in [-0.25, -0.2) is 22.3 Å². The third-order valence-electron chi connectivity index (χ3n) is 3.44. The lowest BCUT2D eigenvalue weighted by molar-refractivity contribution is 0.0698. The van der Waals surface area contributed by atoms with Crippen LogP contribution in [0, 0.1) is 5.82 Å². The van der Waals surface area contributed by atoms with E-state index in [4.69, 9.17) is 11.6 Å². The number of nitrogens with one attached hydrogen (secondary N) is 1. The molecule has 0 aliphatic rings. The first-order chi connectivity index (χ1) is 12.3. The summed E-state index contributed by atoms with van der Waals surface area (Å²) in [5.74, 6) is -1.95. The number of sulfonamides is 1. The molecule has 0 unspecified atom stereocenters. The van der Waals surface area contributed by atoms with Gasteiger partial charge in [-0.2, -0.15) is 5.10 Å². The summed E-state index contributed by atoms with van der Waals surface area (Å²) in [7, 11) is -4.16. The van der Waals surface area contributed by atoms with E-state index in [2.05, 4.69) is 9.82 Å². The summed E-state index contributed by atoms with van der Waals surface area (Å²) < 4.78 is 42.1. The van der Waals surface area contributed by atoms with Crippen molar-refractivity contribution in [2.24, 2.45) is 0 Å². The second-order valence-electron chi connectivity index (χ2n) is 5.15. The molecule has 2 aromatic carbocycles. The lowest BCUT2D eigenvalue weighted by Gasteiger charge is -2.10. The number of halogens is 2. The molecule has 7 nitrogen and oxygen atoms in total. The van der Waals surface area contributed by atoms with Crippen molar-refractivity contribution in [2.45, 2.75) is 4.90 Å². The van der Waals surface area contributed by atoms with E-state index in [0.29, 0.717) is 0 Å². The summed E-state index contributed by atoms with van der Waals surface area (Å²) in [5.41, 5.74) is -0.495. The number of hydrogen-bond donors (Lipinski definition) is 2. The summed E-state index contributed by atoms with van der Waals surface area (Å²) in [4.78, 5) is 11.0. The normalized spacial score (nSPS) is 11.3. The minimum atomic E-state index is -4.16. The van der Waals surface area contributed by atoms with Crippen LogP contribution in [0.4, 0.5) is 10.1 Å². The minimum absolute atomic E-state index is 0.0722. The Hall–Kier alpha value is -2.91. The monoisotopic (exact) mass is 395 g/mol. The van der Waals surface area contributed by atoms with Crippen molar-refractivity contribution in [2.75, 3.05) is 4.72 Å². The van der Waals surface area contributed by atoms with Gasteiger partial charge in [0.2, 0.25) is 0 Å². The first-order valence-electron chi connectivity index (χ1n) is 7.14. The van der Waals surface area contributed by atoms with Crippen LogP contribution in [-0.2, 0) is 10.0 Å². The molecule has 0 spiro atoms. The Kier molecular flexibility index (Phi) is 4.66. The Bertz CT molecular complexity index is 1100. The smallest absolute Gasteiger partial charge is 0.339 e. The Balaban J connectivity index is 1.97. The van der Waals surface area contributed by atoms with E-state index in [0.717, 1.165) is 17.1 Å². The fraction of sp³-hybridized carbons (Fsp3) is 0. The Morgan fingerprint density at radius 2 is 1.92 bits per heavy atom. The average molecular weight is 396 g/mol. The van der Waals surface area contributed by atoms with E-state index < -0.39 is 21.8 Å². The van der Waals surface area contributed by atoms with Crippen molar-refractivity contribution < 1.29 is 22.7 Å². The van der Waals surface area contributed by atoms with E-state index in [9.17, 15) is 22.7 Å². The third-order valence-corrected chi connectivity index (χ3v) is 5.08. The van der Waals surface area contributed by atoms with E-state index in [1.54, 1.807) is 6.07 Å². The molecule has 0 fully saturated rings. The zero-order chi connectivity index (χ0) is 18.9. The molecule has 10 heteroatoms. The highest BCUT2D eigenvalue weighted by Crippen LogP contribution is 2.27. The molecule has 0 saturated heterocycles. The molecule has 0 saturated carbocycles. The Morgan fingerprint density at radius 1 is 1.19 bits per heavy atom. The summed E-state index contributed by atoms with van der Waals surface area (Å²) in [5, 5.41) is 13.0. The molecule has 2 N–H and O–H groups in total. The molecular formula is C16H11ClFN3O4S. The van der Waals surface area contributed by atoms with Gasteiger partial charge in [-0.05, 0) is 24.3 Å². The van der Waals surface area contributed by atoms with Crippen molar-refractivity contribution in [1.82, 2.24) is 9.78 Å². The molecule has 1 heterocycles. The highest BCUT2D eigenvalue weighted by atomic mass is 35.5. The van der Waals surface area contributed by atoms with Crippen molar-refractivity contribution >= 4 is 33.3 Å². The lowest BCUT2D eigenvalue weighted by Crippen LogP contribution is -2.15. The number of aromatic nitrogens is 2. The van der Waals surface area contributed by atoms with Gasteiger partial charge in [0.25, 0.3) is 10.0 Å². The zero-order valence-electron chi connectivity index (χ0n) is 12.9. The summed E-state index contributed by atoms with van der Waals surface area (Å²) >= 11 is 5.83. The quantitative estimate of drug-likeness (QED) is 0.691. The number of carbonyl (C=O) groups is 1. The molecule has 3 rings (SSSR count). The number of benzene rings is 2. The molecule has 0 radical (unpaired) electrons. The van der Waals surface area contributed by atoms with E-state index in [1.165, 1.54) is 36.4 Å². The Morgan fingerprint density at radius 3 is 2.62 bits per heavy atom. The van der Waals surface area contributed by atoms with E-state index >= 15 is 0 Å². The second kappa shape index (κ2) is 6.77. The van der Waals surface area contributed by atoms with Crippen LogP contribution in [0.25, 0.3) is 5.69 Å². The predicted molar refractivity (Wildman–Crippen MR) is 92.7 cm³/mol. The number of carboxylic acids is 1. The predicted octanol–water partition coefficient (Wildman–Crippen LogP) is 3.16. The molecular weight excluding hydrogens is 385 g/mol. The Labute approximate surface area is 152 Å². The van der Waals surface area contributed by atoms with Crippen LogP contribution in [0.3, 0.4) is 0 Å². The molecule has 134 valence electrons. The highest BCUT2D eigenvalue weighted by molar-refractivity contribution is 7.92. The third kappa shape index (κ3) is 3.39. The van der Waals surface area contributed by atoms with Gasteiger partial charge in [0.1, 0.15) is 22.0 Å². The summed E-state index contributed by atoms with van der Waals surface area (Å²) in [6.07, 6.45) is 2.14. The maximum absolute atomic E-state index is 13.8. The van der Waals surface area contributed by atoms with Crippen LogP contribution in [0.15, 0.2) is 59.8 Å². The van der Waals surface area contributed by atoms with Gasteiger partial charge in [-0.1, -0.05) is 29.8 Å². The van der Waals surface area contributed by atoms with Crippen LogP contribution in [0.1, 0.15) is 10.4 Å². The number of anilines is 1. The fourth-order valence-electron chi connectivity index (χ4n) is 2.24. The molecule has 0 aliphatic heterocycles. The SMILES string of the molecule is O=C(O)c1c(Cl)cccc1NS(=O)(=O)c1cnn(-c2ccccc2F)c1. The van der Waals surface area contributed by atoms with Gasteiger partial charge in [0.05, 0.1) is 23.1 Å². The van der Waals surface area contributed by atoms with E-state index in [-0.39, 0.29) is 26.9 Å². The second-order valence-corrected chi connectivity index (χ2v) is 7.23. The topological polar surface area (TPSA) is 101 Å². The largest absolute Gasteiger partial charge is 0.478 e. The molecule has 0 bridgehead atoms. The molecule has 3 aromatic rings. The van der Waals surface area contributed by atoms with Crippen molar-refractivity contribution in [3.63, 3.8) is 0 Å². The van der Waals surface area contributed by atoms with Crippen LogP contribution in [0.2, 0.25) is 5.02 Å². The van der Waals surface area contributed by atoms with Gasteiger partial charge >= 0.3 is 5.97 Å². The maximum atomic E-state index is 13.8. The van der Waals surface area contributed by atoms with Gasteiger partial charge in [-0.3, -0.25) is 4.72 Å². The highest BCUT2D eigenvalue weighted by Gasteiger charge is 2.22. The first kappa shape index (κ1) is 17.9. The number of nitrogens with zero attached hydrogens (tertiary/aromatic N) is 2.